The van der Waals surface area contributed by atoms with Gasteiger partial charge in [0.25, 0.3) is 0 Å². The predicted octanol–water partition coefficient (Wildman–Crippen LogP) is 5.56. The molecular weight excluding hydrogens is 482 g/mol. The molecule has 1 fully saturated rings. The maximum atomic E-state index is 13.3. The fraction of sp³-hybridized carbons (Fsp3) is 0.310. The first-order valence-corrected chi connectivity index (χ1v) is 14.2. The number of hydrogen-bond acceptors (Lipinski definition) is 6. The van der Waals surface area contributed by atoms with E-state index in [0.29, 0.717) is 37.0 Å². The van der Waals surface area contributed by atoms with Gasteiger partial charge in [-0.15, -0.1) is 0 Å². The van der Waals surface area contributed by atoms with E-state index >= 15 is 0 Å². The van der Waals surface area contributed by atoms with E-state index < -0.39 is 10.0 Å². The Bertz CT molecular complexity index is 1470. The summed E-state index contributed by atoms with van der Waals surface area (Å²) in [5.41, 5.74) is 2.98. The van der Waals surface area contributed by atoms with Crippen molar-refractivity contribution >= 4 is 32.4 Å². The molecule has 1 aliphatic heterocycles. The van der Waals surface area contributed by atoms with Gasteiger partial charge in [-0.2, -0.15) is 4.31 Å². The molecule has 0 aliphatic carbocycles. The van der Waals surface area contributed by atoms with Crippen molar-refractivity contribution in [3.63, 3.8) is 0 Å². The van der Waals surface area contributed by atoms with Crippen molar-refractivity contribution in [2.24, 2.45) is 0 Å². The summed E-state index contributed by atoms with van der Waals surface area (Å²) in [6, 6.07) is 25.2. The second kappa shape index (κ2) is 10.6. The molecular formula is C29H33N5O2S. The third-order valence-electron chi connectivity index (χ3n) is 7.04. The second-order valence-corrected chi connectivity index (χ2v) is 11.7. The zero-order valence-electron chi connectivity index (χ0n) is 21.5. The Labute approximate surface area is 219 Å². The van der Waals surface area contributed by atoms with Crippen LogP contribution in [0.2, 0.25) is 0 Å². The molecule has 4 aromatic rings. The van der Waals surface area contributed by atoms with Crippen LogP contribution >= 0.6 is 0 Å². The Kier molecular flexibility index (Phi) is 7.24. The summed E-state index contributed by atoms with van der Waals surface area (Å²) in [6.45, 7) is 8.38. The van der Waals surface area contributed by atoms with Crippen LogP contribution in [-0.2, 0) is 10.0 Å². The van der Waals surface area contributed by atoms with Gasteiger partial charge in [0.05, 0.1) is 16.5 Å². The van der Waals surface area contributed by atoms with Crippen LogP contribution in [0.1, 0.15) is 44.1 Å². The molecule has 1 N–H and O–H groups in total. The number of nitrogens with one attached hydrogen (secondary N) is 1. The second-order valence-electron chi connectivity index (χ2n) is 9.78. The van der Waals surface area contributed by atoms with Gasteiger partial charge in [-0.05, 0) is 54.8 Å². The van der Waals surface area contributed by atoms with E-state index in [2.05, 4.69) is 31.0 Å². The van der Waals surface area contributed by atoms with Crippen molar-refractivity contribution in [3.8, 4) is 0 Å². The van der Waals surface area contributed by atoms with Crippen LogP contribution in [0.4, 0.5) is 11.5 Å². The molecule has 1 atom stereocenters. The molecule has 3 aromatic carbocycles. The lowest BCUT2D eigenvalue weighted by Gasteiger charge is -2.37. The van der Waals surface area contributed by atoms with Gasteiger partial charge < -0.3 is 5.32 Å². The fourth-order valence-electron chi connectivity index (χ4n) is 4.70. The lowest BCUT2D eigenvalue weighted by molar-refractivity contribution is 0.141. The number of hydrogen-bond donors (Lipinski definition) is 1. The maximum Gasteiger partial charge on any atom is 0.243 e. The summed E-state index contributed by atoms with van der Waals surface area (Å²) < 4.78 is 28.1. The Hall–Kier alpha value is -3.33. The molecule has 2 heterocycles. The van der Waals surface area contributed by atoms with Gasteiger partial charge in [0.15, 0.2) is 0 Å². The highest BCUT2D eigenvalue weighted by molar-refractivity contribution is 7.89. The minimum atomic E-state index is -3.52. The number of piperazine rings is 1. The van der Waals surface area contributed by atoms with Crippen molar-refractivity contribution < 1.29 is 8.42 Å². The van der Waals surface area contributed by atoms with Gasteiger partial charge >= 0.3 is 0 Å². The van der Waals surface area contributed by atoms with E-state index in [-0.39, 0.29) is 6.04 Å². The van der Waals surface area contributed by atoms with E-state index in [4.69, 9.17) is 9.97 Å². The highest BCUT2D eigenvalue weighted by Gasteiger charge is 2.31. The number of para-hydroxylation sites is 2. The monoisotopic (exact) mass is 515 g/mol. The molecule has 192 valence electrons. The zero-order valence-corrected chi connectivity index (χ0v) is 22.3. The predicted molar refractivity (Wildman–Crippen MR) is 149 cm³/mol. The Balaban J connectivity index is 1.33. The minimum absolute atomic E-state index is 0.0592. The van der Waals surface area contributed by atoms with Crippen molar-refractivity contribution in [1.82, 2.24) is 19.2 Å². The van der Waals surface area contributed by atoms with Crippen molar-refractivity contribution in [2.75, 3.05) is 31.5 Å². The molecule has 0 spiro atoms. The number of benzene rings is 3. The molecule has 1 aromatic heterocycles. The topological polar surface area (TPSA) is 78.4 Å². The summed E-state index contributed by atoms with van der Waals surface area (Å²) in [6.07, 6.45) is 0. The molecule has 0 radical (unpaired) electrons. The molecule has 0 unspecified atom stereocenters. The molecule has 0 saturated carbocycles. The summed E-state index contributed by atoms with van der Waals surface area (Å²) >= 11 is 0. The van der Waals surface area contributed by atoms with E-state index in [1.807, 2.05) is 66.7 Å². The first-order chi connectivity index (χ1) is 17.8. The first-order valence-electron chi connectivity index (χ1n) is 12.8. The van der Waals surface area contributed by atoms with E-state index in [0.717, 1.165) is 33.8 Å². The average molecular weight is 516 g/mol. The zero-order chi connectivity index (χ0) is 26.0. The molecule has 0 amide bonds. The van der Waals surface area contributed by atoms with Crippen molar-refractivity contribution in [1.29, 1.82) is 0 Å². The number of fused-ring (bicyclic) bond motifs is 1. The Morgan fingerprint density at radius 1 is 0.784 bits per heavy atom. The number of nitrogens with zero attached hydrogens (tertiary/aromatic N) is 4. The maximum absolute atomic E-state index is 13.3. The quantitative estimate of drug-likeness (QED) is 0.347. The van der Waals surface area contributed by atoms with Crippen LogP contribution in [0.3, 0.4) is 0 Å². The van der Waals surface area contributed by atoms with E-state index in [1.165, 1.54) is 0 Å². The summed E-state index contributed by atoms with van der Waals surface area (Å²) in [5.74, 6) is 1.85. The summed E-state index contributed by atoms with van der Waals surface area (Å²) in [5, 5.41) is 4.40. The van der Waals surface area contributed by atoms with Gasteiger partial charge in [-0.3, -0.25) is 4.90 Å². The third-order valence-corrected chi connectivity index (χ3v) is 8.95. The number of rotatable bonds is 7. The molecule has 5 rings (SSSR count). The molecule has 1 aliphatic rings. The SMILES string of the molecule is CC(C)c1ccc(S(=O)(=O)N2CCN([C@H](C)c3nc(Nc4ccccc4)c4ccccc4n3)CC2)cc1. The lowest BCUT2D eigenvalue weighted by Crippen LogP contribution is -2.49. The molecule has 1 saturated heterocycles. The lowest BCUT2D eigenvalue weighted by atomic mass is 10.0. The first kappa shape index (κ1) is 25.3. The molecule has 8 heteroatoms. The van der Waals surface area contributed by atoms with Crippen LogP contribution in [0.25, 0.3) is 10.9 Å². The van der Waals surface area contributed by atoms with Crippen LogP contribution < -0.4 is 5.32 Å². The highest BCUT2D eigenvalue weighted by Crippen LogP contribution is 2.28. The van der Waals surface area contributed by atoms with Crippen LogP contribution in [-0.4, -0.2) is 53.8 Å². The number of sulfonamides is 1. The molecule has 37 heavy (non-hydrogen) atoms. The normalized spacial score (nSPS) is 16.2. The van der Waals surface area contributed by atoms with Crippen molar-refractivity contribution in [2.45, 2.75) is 37.6 Å². The smallest absolute Gasteiger partial charge is 0.243 e. The van der Waals surface area contributed by atoms with Gasteiger partial charge in [-0.25, -0.2) is 18.4 Å². The Morgan fingerprint density at radius 2 is 1.43 bits per heavy atom. The largest absolute Gasteiger partial charge is 0.340 e. The van der Waals surface area contributed by atoms with Crippen LogP contribution in [0.15, 0.2) is 83.8 Å². The molecule has 0 bridgehead atoms. The van der Waals surface area contributed by atoms with Crippen LogP contribution in [0.5, 0.6) is 0 Å². The van der Waals surface area contributed by atoms with E-state index in [1.54, 1.807) is 16.4 Å². The average Bonchev–Trinajstić information content (AvgIpc) is 2.93. The highest BCUT2D eigenvalue weighted by atomic mass is 32.2. The van der Waals surface area contributed by atoms with Gasteiger partial charge in [0, 0.05) is 37.3 Å². The van der Waals surface area contributed by atoms with Crippen molar-refractivity contribution in [3.05, 3.63) is 90.3 Å². The standard InChI is InChI=1S/C29H33N5O2S/c1-21(2)23-13-15-25(16-14-23)37(35,36)34-19-17-33(18-20-34)22(3)28-31-27-12-8-7-11-26(27)29(32-28)30-24-9-5-4-6-10-24/h4-16,21-22H,17-20H2,1-3H3,(H,30,31,32)/t22-/m1/s1. The summed E-state index contributed by atoms with van der Waals surface area (Å²) in [4.78, 5) is 12.4. The Morgan fingerprint density at radius 3 is 2.11 bits per heavy atom. The third kappa shape index (κ3) is 5.37. The van der Waals surface area contributed by atoms with Gasteiger partial charge in [0.1, 0.15) is 11.6 Å². The van der Waals surface area contributed by atoms with E-state index in [9.17, 15) is 8.42 Å². The minimum Gasteiger partial charge on any atom is -0.340 e. The summed E-state index contributed by atoms with van der Waals surface area (Å²) in [7, 11) is -3.52. The number of anilines is 2. The molecule has 7 nitrogen and oxygen atoms in total. The van der Waals surface area contributed by atoms with Gasteiger partial charge in [0.2, 0.25) is 10.0 Å². The van der Waals surface area contributed by atoms with Gasteiger partial charge in [-0.1, -0.05) is 56.3 Å². The number of aromatic nitrogens is 2. The van der Waals surface area contributed by atoms with Crippen LogP contribution in [0, 0.1) is 0 Å². The fourth-order valence-corrected chi connectivity index (χ4v) is 6.13.